The molecule has 3 nitrogen and oxygen atoms in total. The fourth-order valence-electron chi connectivity index (χ4n) is 3.96. The molecule has 1 aliphatic heterocycles. The molecule has 4 rings (SSSR count). The maximum absolute atomic E-state index is 12.2. The highest BCUT2D eigenvalue weighted by molar-refractivity contribution is 6.35. The molecule has 0 saturated carbocycles. The molecule has 0 saturated heterocycles. The Kier molecular flexibility index (Phi) is 4.22. The van der Waals surface area contributed by atoms with Gasteiger partial charge in [-0.2, -0.15) is 0 Å². The van der Waals surface area contributed by atoms with Gasteiger partial charge in [0.05, 0.1) is 24.4 Å². The standard InChI is InChI=1S/C20H17Cl2NO2/c1-25-20(24)16-7-3-6-14-12-4-2-5-13(12)18(23-19(14)16)15-9-8-11(21)10-17(15)22/h2-4,6-10,12-13,18,23H,5H2,1H3/t12-,13+,18+/m1/s1. The number of halogens is 2. The van der Waals surface area contributed by atoms with Gasteiger partial charge in [0.15, 0.2) is 0 Å². The minimum atomic E-state index is -0.342. The van der Waals surface area contributed by atoms with Gasteiger partial charge in [-0.05, 0) is 41.7 Å². The summed E-state index contributed by atoms with van der Waals surface area (Å²) in [5.74, 6) is 0.252. The van der Waals surface area contributed by atoms with Crippen molar-refractivity contribution in [3.63, 3.8) is 0 Å². The molecule has 1 N–H and O–H groups in total. The maximum Gasteiger partial charge on any atom is 0.339 e. The van der Waals surface area contributed by atoms with E-state index in [0.717, 1.165) is 23.2 Å². The molecule has 128 valence electrons. The molecule has 0 fully saturated rings. The van der Waals surface area contributed by atoms with Gasteiger partial charge in [-0.15, -0.1) is 0 Å². The summed E-state index contributed by atoms with van der Waals surface area (Å²) in [6, 6.07) is 11.3. The van der Waals surface area contributed by atoms with Crippen LogP contribution in [-0.2, 0) is 4.74 Å². The van der Waals surface area contributed by atoms with Crippen molar-refractivity contribution in [1.29, 1.82) is 0 Å². The fourth-order valence-corrected chi connectivity index (χ4v) is 4.49. The zero-order valence-corrected chi connectivity index (χ0v) is 15.1. The number of carbonyl (C=O) groups is 1. The summed E-state index contributed by atoms with van der Waals surface area (Å²) < 4.78 is 4.95. The maximum atomic E-state index is 12.2. The summed E-state index contributed by atoms with van der Waals surface area (Å²) in [6.45, 7) is 0. The lowest BCUT2D eigenvalue weighted by Crippen LogP contribution is -2.30. The number of esters is 1. The van der Waals surface area contributed by atoms with Crippen molar-refractivity contribution < 1.29 is 9.53 Å². The highest BCUT2D eigenvalue weighted by Gasteiger charge is 2.40. The van der Waals surface area contributed by atoms with Crippen LogP contribution in [0.5, 0.6) is 0 Å². The van der Waals surface area contributed by atoms with Gasteiger partial charge in [-0.25, -0.2) is 4.79 Å². The second kappa shape index (κ2) is 6.40. The van der Waals surface area contributed by atoms with E-state index in [1.807, 2.05) is 18.2 Å². The third-order valence-corrected chi connectivity index (χ3v) is 5.66. The Balaban J connectivity index is 1.84. The zero-order valence-electron chi connectivity index (χ0n) is 13.6. The molecule has 0 amide bonds. The average molecular weight is 374 g/mol. The topological polar surface area (TPSA) is 38.3 Å². The largest absolute Gasteiger partial charge is 0.465 e. The molecular formula is C20H17Cl2NO2. The van der Waals surface area contributed by atoms with E-state index in [9.17, 15) is 4.79 Å². The van der Waals surface area contributed by atoms with Crippen molar-refractivity contribution in [2.45, 2.75) is 18.4 Å². The number of anilines is 1. The first-order valence-corrected chi connectivity index (χ1v) is 8.95. The molecule has 1 heterocycles. The van der Waals surface area contributed by atoms with Gasteiger partial charge in [0.25, 0.3) is 0 Å². The monoisotopic (exact) mass is 373 g/mol. The van der Waals surface area contributed by atoms with Gasteiger partial charge in [0.1, 0.15) is 0 Å². The first kappa shape index (κ1) is 16.5. The van der Waals surface area contributed by atoms with Crippen LogP contribution in [0.1, 0.15) is 39.9 Å². The molecule has 0 bridgehead atoms. The predicted octanol–water partition coefficient (Wildman–Crippen LogP) is 5.61. The number of hydrogen-bond donors (Lipinski definition) is 1. The Morgan fingerprint density at radius 1 is 1.20 bits per heavy atom. The smallest absolute Gasteiger partial charge is 0.339 e. The van der Waals surface area contributed by atoms with Crippen LogP contribution in [0.15, 0.2) is 48.6 Å². The fraction of sp³-hybridized carbons (Fsp3) is 0.250. The summed E-state index contributed by atoms with van der Waals surface area (Å²) in [6.07, 6.45) is 5.39. The van der Waals surface area contributed by atoms with Crippen molar-refractivity contribution in [2.24, 2.45) is 5.92 Å². The summed E-state index contributed by atoms with van der Waals surface area (Å²) in [5, 5.41) is 4.81. The number of nitrogens with one attached hydrogen (secondary N) is 1. The molecule has 0 unspecified atom stereocenters. The minimum Gasteiger partial charge on any atom is -0.465 e. The van der Waals surface area contributed by atoms with Crippen LogP contribution in [0.4, 0.5) is 5.69 Å². The Hall–Kier alpha value is -1.97. The molecule has 0 radical (unpaired) electrons. The molecule has 0 aromatic heterocycles. The number of ether oxygens (including phenoxy) is 1. The van der Waals surface area contributed by atoms with E-state index >= 15 is 0 Å². The van der Waals surface area contributed by atoms with E-state index in [0.29, 0.717) is 21.5 Å². The summed E-state index contributed by atoms with van der Waals surface area (Å²) in [4.78, 5) is 12.2. The molecular weight excluding hydrogens is 357 g/mol. The zero-order chi connectivity index (χ0) is 17.6. The molecule has 2 aromatic carbocycles. The van der Waals surface area contributed by atoms with Crippen LogP contribution in [0.25, 0.3) is 0 Å². The van der Waals surface area contributed by atoms with Gasteiger partial charge in [0.2, 0.25) is 0 Å². The lowest BCUT2D eigenvalue weighted by atomic mass is 9.76. The van der Waals surface area contributed by atoms with Gasteiger partial charge >= 0.3 is 5.97 Å². The third-order valence-electron chi connectivity index (χ3n) is 5.10. The second-order valence-electron chi connectivity index (χ2n) is 6.40. The summed E-state index contributed by atoms with van der Waals surface area (Å²) in [7, 11) is 1.40. The quantitative estimate of drug-likeness (QED) is 0.549. The first-order valence-electron chi connectivity index (χ1n) is 8.19. The molecule has 3 atom stereocenters. The van der Waals surface area contributed by atoms with E-state index in [-0.39, 0.29) is 17.9 Å². The van der Waals surface area contributed by atoms with Crippen LogP contribution >= 0.6 is 23.2 Å². The van der Waals surface area contributed by atoms with Crippen LogP contribution in [0.3, 0.4) is 0 Å². The lowest BCUT2D eigenvalue weighted by molar-refractivity contribution is 0.0601. The molecule has 1 aliphatic carbocycles. The lowest BCUT2D eigenvalue weighted by Gasteiger charge is -2.38. The number of carbonyl (C=O) groups excluding carboxylic acids is 1. The van der Waals surface area contributed by atoms with Crippen molar-refractivity contribution in [1.82, 2.24) is 0 Å². The normalized spacial score (nSPS) is 23.6. The van der Waals surface area contributed by atoms with Crippen LogP contribution in [0, 0.1) is 5.92 Å². The molecule has 2 aliphatic rings. The molecule has 25 heavy (non-hydrogen) atoms. The minimum absolute atomic E-state index is 0.00285. The summed E-state index contributed by atoms with van der Waals surface area (Å²) >= 11 is 12.5. The number of hydrogen-bond acceptors (Lipinski definition) is 3. The highest BCUT2D eigenvalue weighted by atomic mass is 35.5. The Morgan fingerprint density at radius 3 is 2.80 bits per heavy atom. The average Bonchev–Trinajstić information content (AvgIpc) is 3.10. The molecule has 2 aromatic rings. The number of benzene rings is 2. The third kappa shape index (κ3) is 2.72. The Morgan fingerprint density at radius 2 is 2.04 bits per heavy atom. The van der Waals surface area contributed by atoms with E-state index < -0.39 is 0 Å². The van der Waals surface area contributed by atoms with Crippen molar-refractivity contribution in [3.05, 3.63) is 75.3 Å². The number of para-hydroxylation sites is 1. The van der Waals surface area contributed by atoms with E-state index in [1.165, 1.54) is 7.11 Å². The first-order chi connectivity index (χ1) is 12.1. The van der Waals surface area contributed by atoms with Crippen molar-refractivity contribution >= 4 is 34.9 Å². The van der Waals surface area contributed by atoms with E-state index in [2.05, 4.69) is 23.5 Å². The highest BCUT2D eigenvalue weighted by Crippen LogP contribution is 2.51. The number of methoxy groups -OCH3 is 1. The number of fused-ring (bicyclic) bond motifs is 3. The second-order valence-corrected chi connectivity index (χ2v) is 7.25. The van der Waals surface area contributed by atoms with Gasteiger partial charge in [0, 0.05) is 16.0 Å². The molecule has 0 spiro atoms. The van der Waals surface area contributed by atoms with Crippen LogP contribution in [0.2, 0.25) is 10.0 Å². The summed E-state index contributed by atoms with van der Waals surface area (Å²) in [5.41, 5.74) is 3.50. The SMILES string of the molecule is COC(=O)c1cccc2c1N[C@H](c1ccc(Cl)cc1Cl)[C@H]1CC=C[C@@H]21. The Labute approximate surface area is 156 Å². The number of rotatable bonds is 2. The van der Waals surface area contributed by atoms with Crippen molar-refractivity contribution in [3.8, 4) is 0 Å². The van der Waals surface area contributed by atoms with Crippen LogP contribution < -0.4 is 5.32 Å². The van der Waals surface area contributed by atoms with Gasteiger partial charge in [-0.1, -0.05) is 53.6 Å². The van der Waals surface area contributed by atoms with Crippen LogP contribution in [-0.4, -0.2) is 13.1 Å². The number of allylic oxidation sites excluding steroid dienone is 2. The molecule has 5 heteroatoms. The van der Waals surface area contributed by atoms with E-state index in [4.69, 9.17) is 27.9 Å². The van der Waals surface area contributed by atoms with E-state index in [1.54, 1.807) is 12.1 Å². The van der Waals surface area contributed by atoms with Gasteiger partial charge < -0.3 is 10.1 Å². The van der Waals surface area contributed by atoms with Gasteiger partial charge in [-0.3, -0.25) is 0 Å². The van der Waals surface area contributed by atoms with Crippen molar-refractivity contribution in [2.75, 3.05) is 12.4 Å². The predicted molar refractivity (Wildman–Crippen MR) is 101 cm³/mol. The Bertz CT molecular complexity index is 878.